The van der Waals surface area contributed by atoms with E-state index in [4.69, 9.17) is 4.55 Å². The predicted molar refractivity (Wildman–Crippen MR) is 82.4 cm³/mol. The second kappa shape index (κ2) is 7.24. The Kier molecular flexibility index (Phi) is 7.49. The van der Waals surface area contributed by atoms with Crippen LogP contribution in [-0.2, 0) is 0 Å². The van der Waals surface area contributed by atoms with Crippen molar-refractivity contribution in [1.82, 2.24) is 9.80 Å². The highest BCUT2D eigenvalue weighted by atomic mass is 32.2. The molecule has 3 nitrogen and oxygen atoms in total. The van der Waals surface area contributed by atoms with Gasteiger partial charge in [0.25, 0.3) is 0 Å². The molecule has 0 aliphatic rings. The van der Waals surface area contributed by atoms with Crippen molar-refractivity contribution in [2.75, 3.05) is 40.3 Å². The maximum Gasteiger partial charge on any atom is 0.0490 e. The molecule has 0 saturated heterocycles. The zero-order valence-electron chi connectivity index (χ0n) is 12.0. The molecule has 0 atom stereocenters. The van der Waals surface area contributed by atoms with Gasteiger partial charge < -0.3 is 14.4 Å². The number of hydrogen-bond acceptors (Lipinski definition) is 5. The first-order chi connectivity index (χ1) is 7.56. The minimum atomic E-state index is -0.101. The molecule has 0 bridgehead atoms. The van der Waals surface area contributed by atoms with Crippen molar-refractivity contribution in [2.24, 2.45) is 0 Å². The van der Waals surface area contributed by atoms with Gasteiger partial charge in [-0.15, -0.1) is 0 Å². The van der Waals surface area contributed by atoms with Gasteiger partial charge in [-0.25, -0.2) is 0 Å². The van der Waals surface area contributed by atoms with Crippen molar-refractivity contribution in [2.45, 2.75) is 37.2 Å². The molecule has 0 aromatic carbocycles. The van der Waals surface area contributed by atoms with E-state index < -0.39 is 0 Å². The summed E-state index contributed by atoms with van der Waals surface area (Å²) >= 11 is 5.46. The highest BCUT2D eigenvalue weighted by molar-refractivity contribution is 7.95. The Hall–Kier alpha value is 0.580. The van der Waals surface area contributed by atoms with Gasteiger partial charge >= 0.3 is 0 Å². The van der Waals surface area contributed by atoms with Gasteiger partial charge in [0, 0.05) is 35.7 Å². The molecule has 0 aromatic rings. The first kappa shape index (κ1) is 17.6. The molecule has 0 spiro atoms. The molecule has 0 fully saturated rings. The summed E-state index contributed by atoms with van der Waals surface area (Å²) < 4.78 is 9.09. The van der Waals surface area contributed by atoms with E-state index in [1.54, 1.807) is 0 Å². The van der Waals surface area contributed by atoms with Crippen molar-refractivity contribution in [3.63, 3.8) is 0 Å². The Balaban J connectivity index is 3.88. The second-order valence-corrected chi connectivity index (χ2v) is 8.64. The smallest absolute Gasteiger partial charge is 0.0490 e. The lowest BCUT2D eigenvalue weighted by Crippen LogP contribution is -2.40. The van der Waals surface area contributed by atoms with Crippen LogP contribution in [-0.4, -0.2) is 64.1 Å². The molecule has 5 heteroatoms. The second-order valence-electron chi connectivity index (χ2n) is 6.14. The van der Waals surface area contributed by atoms with Gasteiger partial charge in [0.2, 0.25) is 0 Å². The Bertz CT molecular complexity index is 217. The Morgan fingerprint density at radius 2 is 1.41 bits per heavy atom. The summed E-state index contributed by atoms with van der Waals surface area (Å²) in [4.78, 5) is 4.55. The van der Waals surface area contributed by atoms with Crippen molar-refractivity contribution in [3.05, 3.63) is 0 Å². The largest absolute Gasteiger partial charge is 0.329 e. The molecule has 17 heavy (non-hydrogen) atoms. The topological polar surface area (TPSA) is 26.7 Å². The Morgan fingerprint density at radius 3 is 1.76 bits per heavy atom. The molecular weight excluding hydrogens is 252 g/mol. The quantitative estimate of drug-likeness (QED) is 0.528. The zero-order chi connectivity index (χ0) is 13.7. The number of rotatable bonds is 8. The molecule has 0 aromatic heterocycles. The average molecular weight is 281 g/mol. The summed E-state index contributed by atoms with van der Waals surface area (Å²) in [5, 5.41) is 0. The summed E-state index contributed by atoms with van der Waals surface area (Å²) in [6.07, 6.45) is 0. The normalized spacial score (nSPS) is 13.8. The number of hydrogen-bond donors (Lipinski definition) is 2. The molecular formula is C12H28N2OS2. The van der Waals surface area contributed by atoms with E-state index in [2.05, 4.69) is 64.2 Å². The van der Waals surface area contributed by atoms with Crippen molar-refractivity contribution >= 4 is 24.7 Å². The maximum atomic E-state index is 9.14. The first-order valence-electron chi connectivity index (χ1n) is 5.98. The van der Waals surface area contributed by atoms with E-state index in [0.717, 1.165) is 38.2 Å². The summed E-state index contributed by atoms with van der Waals surface area (Å²) in [5.41, 5.74) is 0. The molecule has 0 saturated carbocycles. The summed E-state index contributed by atoms with van der Waals surface area (Å²) in [5.74, 6) is 0. The van der Waals surface area contributed by atoms with Gasteiger partial charge in [-0.05, 0) is 53.8 Å². The molecule has 0 unspecified atom stereocenters. The minimum absolute atomic E-state index is 0.0491. The van der Waals surface area contributed by atoms with E-state index in [-0.39, 0.29) is 9.49 Å². The van der Waals surface area contributed by atoms with E-state index in [1.807, 2.05) is 0 Å². The summed E-state index contributed by atoms with van der Waals surface area (Å²) in [6.45, 7) is 12.2. The van der Waals surface area contributed by atoms with Crippen LogP contribution in [0.1, 0.15) is 27.7 Å². The van der Waals surface area contributed by atoms with Crippen molar-refractivity contribution in [3.8, 4) is 0 Å². The molecule has 0 aliphatic heterocycles. The van der Waals surface area contributed by atoms with Crippen molar-refractivity contribution < 1.29 is 4.55 Å². The lowest BCUT2D eigenvalue weighted by Gasteiger charge is -2.30. The van der Waals surface area contributed by atoms with Crippen LogP contribution in [0.25, 0.3) is 0 Å². The van der Waals surface area contributed by atoms with Crippen LogP contribution < -0.4 is 0 Å². The summed E-state index contributed by atoms with van der Waals surface area (Å²) in [7, 11) is 4.22. The van der Waals surface area contributed by atoms with E-state index in [0.29, 0.717) is 0 Å². The molecule has 0 rings (SSSR count). The van der Waals surface area contributed by atoms with Crippen LogP contribution >= 0.6 is 24.7 Å². The highest BCUT2D eigenvalue weighted by Gasteiger charge is 2.21. The van der Waals surface area contributed by atoms with Crippen LogP contribution in [0.5, 0.6) is 0 Å². The van der Waals surface area contributed by atoms with Crippen molar-refractivity contribution in [1.29, 1.82) is 0 Å². The zero-order valence-corrected chi connectivity index (χ0v) is 13.7. The SMILES string of the molecule is CN(CCN(C)CC(C)(C)SO)CC(C)(C)S. The number of nitrogens with zero attached hydrogens (tertiary/aromatic N) is 2. The standard InChI is InChI=1S/C12H28N2OS2/c1-11(2,16)9-13(5)7-8-14(6)10-12(3,4)17-15/h15-16H,7-10H2,1-6H3. The van der Waals surface area contributed by atoms with E-state index in [9.17, 15) is 0 Å². The highest BCUT2D eigenvalue weighted by Crippen LogP contribution is 2.21. The molecule has 0 radical (unpaired) electrons. The molecule has 0 heterocycles. The van der Waals surface area contributed by atoms with Gasteiger partial charge in [0.1, 0.15) is 0 Å². The fraction of sp³-hybridized carbons (Fsp3) is 1.00. The van der Waals surface area contributed by atoms with Crippen LogP contribution in [0, 0.1) is 0 Å². The predicted octanol–water partition coefficient (Wildman–Crippen LogP) is 2.54. The fourth-order valence-corrected chi connectivity index (χ4v) is 2.36. The van der Waals surface area contributed by atoms with Gasteiger partial charge in [-0.2, -0.15) is 12.6 Å². The van der Waals surface area contributed by atoms with Crippen LogP contribution in [0.15, 0.2) is 0 Å². The van der Waals surface area contributed by atoms with E-state index >= 15 is 0 Å². The van der Waals surface area contributed by atoms with Crippen LogP contribution in [0.2, 0.25) is 0 Å². The van der Waals surface area contributed by atoms with Gasteiger partial charge in [0.05, 0.1) is 0 Å². The lowest BCUT2D eigenvalue weighted by atomic mass is 10.2. The summed E-state index contributed by atoms with van der Waals surface area (Å²) in [6, 6.07) is 0. The molecule has 1 N–H and O–H groups in total. The molecule has 0 aliphatic carbocycles. The van der Waals surface area contributed by atoms with Gasteiger partial charge in [0.15, 0.2) is 0 Å². The Morgan fingerprint density at radius 1 is 1.00 bits per heavy atom. The third-order valence-corrected chi connectivity index (χ3v) is 3.18. The maximum absolute atomic E-state index is 9.14. The Labute approximate surface area is 117 Å². The number of thiol groups is 1. The first-order valence-corrected chi connectivity index (χ1v) is 7.20. The van der Waals surface area contributed by atoms with Gasteiger partial charge in [-0.3, -0.25) is 0 Å². The third-order valence-electron chi connectivity index (χ3n) is 2.42. The minimum Gasteiger partial charge on any atom is -0.329 e. The third kappa shape index (κ3) is 10.2. The van der Waals surface area contributed by atoms with Crippen LogP contribution in [0.3, 0.4) is 0 Å². The van der Waals surface area contributed by atoms with Gasteiger partial charge in [-0.1, -0.05) is 0 Å². The van der Waals surface area contributed by atoms with E-state index in [1.165, 1.54) is 0 Å². The average Bonchev–Trinajstić information content (AvgIpc) is 2.11. The molecule has 104 valence electrons. The molecule has 0 amide bonds. The fourth-order valence-electron chi connectivity index (χ4n) is 1.84. The number of likely N-dealkylation sites (N-methyl/N-ethyl adjacent to an activating group) is 2. The lowest BCUT2D eigenvalue weighted by molar-refractivity contribution is 0.237. The van der Waals surface area contributed by atoms with Crippen LogP contribution in [0.4, 0.5) is 0 Å². The monoisotopic (exact) mass is 280 g/mol.